The molecular weight excluding hydrogens is 287 g/mol. The van der Waals surface area contributed by atoms with E-state index in [2.05, 4.69) is 16.6 Å². The average molecular weight is 308 g/mol. The van der Waals surface area contributed by atoms with Gasteiger partial charge < -0.3 is 20.5 Å². The molecule has 0 aliphatic heterocycles. The lowest BCUT2D eigenvalue weighted by molar-refractivity contribution is 0.117. The number of anilines is 1. The van der Waals surface area contributed by atoms with Gasteiger partial charge in [0.25, 0.3) is 0 Å². The van der Waals surface area contributed by atoms with Crippen LogP contribution in [-0.2, 0) is 0 Å². The van der Waals surface area contributed by atoms with Gasteiger partial charge in [0, 0.05) is 12.6 Å². The zero-order chi connectivity index (χ0) is 16.5. The zero-order valence-corrected chi connectivity index (χ0v) is 12.7. The third-order valence-corrected chi connectivity index (χ3v) is 3.00. The summed E-state index contributed by atoms with van der Waals surface area (Å²) in [6, 6.07) is 3.25. The van der Waals surface area contributed by atoms with Crippen molar-refractivity contribution < 1.29 is 19.0 Å². The van der Waals surface area contributed by atoms with E-state index < -0.39 is 18.0 Å². The fourth-order valence-electron chi connectivity index (χ4n) is 1.68. The van der Waals surface area contributed by atoms with E-state index in [1.165, 1.54) is 12.1 Å². The monoisotopic (exact) mass is 308 g/mol. The van der Waals surface area contributed by atoms with Crippen molar-refractivity contribution in [3.63, 3.8) is 0 Å². The molecular formula is C16H21FN2O3. The Labute approximate surface area is 129 Å². The summed E-state index contributed by atoms with van der Waals surface area (Å²) in [4.78, 5) is 11.8. The van der Waals surface area contributed by atoms with Crippen LogP contribution in [0.2, 0.25) is 0 Å². The molecule has 120 valence electrons. The first-order valence-corrected chi connectivity index (χ1v) is 7.02. The lowest BCUT2D eigenvalue weighted by Crippen LogP contribution is -2.32. The molecule has 0 saturated heterocycles. The minimum Gasteiger partial charge on any atom is -0.479 e. The smallest absolute Gasteiger partial charge is 0.319 e. The fraction of sp³-hybridized carbons (Fsp3) is 0.438. The van der Waals surface area contributed by atoms with Crippen LogP contribution in [0.15, 0.2) is 18.2 Å². The van der Waals surface area contributed by atoms with Crippen LogP contribution in [-0.4, -0.2) is 30.4 Å². The highest BCUT2D eigenvalue weighted by molar-refractivity contribution is 5.90. The Morgan fingerprint density at radius 1 is 1.50 bits per heavy atom. The van der Waals surface area contributed by atoms with Crippen LogP contribution in [0.3, 0.4) is 0 Å². The molecule has 5 nitrogen and oxygen atoms in total. The van der Waals surface area contributed by atoms with Gasteiger partial charge in [0.1, 0.15) is 18.2 Å². The Kier molecular flexibility index (Phi) is 7.20. The van der Waals surface area contributed by atoms with Gasteiger partial charge >= 0.3 is 6.03 Å². The van der Waals surface area contributed by atoms with Gasteiger partial charge in [-0.05, 0) is 24.5 Å². The van der Waals surface area contributed by atoms with Crippen molar-refractivity contribution in [1.82, 2.24) is 5.32 Å². The number of aliphatic hydroxyl groups excluding tert-OH is 1. The number of hydrogen-bond acceptors (Lipinski definition) is 3. The normalized spacial score (nSPS) is 11.6. The molecule has 1 unspecified atom stereocenters. The molecule has 0 aliphatic carbocycles. The Morgan fingerprint density at radius 3 is 2.86 bits per heavy atom. The second-order valence-electron chi connectivity index (χ2n) is 5.11. The lowest BCUT2D eigenvalue weighted by Gasteiger charge is -2.15. The third kappa shape index (κ3) is 6.02. The number of halogens is 1. The SMILES string of the molecule is C#CCOc1ccc(F)cc1NC(=O)NCCC(O)C(C)C. The van der Waals surface area contributed by atoms with Crippen molar-refractivity contribution in [2.45, 2.75) is 26.4 Å². The number of amides is 2. The second kappa shape index (κ2) is 8.90. The molecule has 1 rings (SSSR count). The molecule has 0 fully saturated rings. The molecule has 0 aliphatic rings. The van der Waals surface area contributed by atoms with Gasteiger partial charge in [-0.25, -0.2) is 9.18 Å². The van der Waals surface area contributed by atoms with E-state index in [9.17, 15) is 14.3 Å². The molecule has 0 heterocycles. The van der Waals surface area contributed by atoms with E-state index in [1.54, 1.807) is 0 Å². The number of aliphatic hydroxyl groups is 1. The summed E-state index contributed by atoms with van der Waals surface area (Å²) in [7, 11) is 0. The highest BCUT2D eigenvalue weighted by Gasteiger charge is 2.11. The van der Waals surface area contributed by atoms with Crippen LogP contribution >= 0.6 is 0 Å². The van der Waals surface area contributed by atoms with Gasteiger partial charge in [-0.3, -0.25) is 0 Å². The van der Waals surface area contributed by atoms with Crippen LogP contribution < -0.4 is 15.4 Å². The minimum atomic E-state index is -0.507. The second-order valence-corrected chi connectivity index (χ2v) is 5.11. The molecule has 1 aromatic carbocycles. The molecule has 3 N–H and O–H groups in total. The largest absolute Gasteiger partial charge is 0.479 e. The number of carbonyl (C=O) groups excluding carboxylic acids is 1. The van der Waals surface area contributed by atoms with Gasteiger partial charge in [0.2, 0.25) is 0 Å². The molecule has 1 atom stereocenters. The number of hydrogen-bond donors (Lipinski definition) is 3. The Balaban J connectivity index is 2.56. The summed E-state index contributed by atoms with van der Waals surface area (Å²) in [6.07, 6.45) is 5.06. The van der Waals surface area contributed by atoms with Gasteiger partial charge in [0.05, 0.1) is 11.8 Å². The van der Waals surface area contributed by atoms with E-state index >= 15 is 0 Å². The lowest BCUT2D eigenvalue weighted by atomic mass is 10.0. The standard InChI is InChI=1S/C16H21FN2O3/c1-4-9-22-15-6-5-12(17)10-13(15)19-16(21)18-8-7-14(20)11(2)3/h1,5-6,10-11,14,20H,7-9H2,2-3H3,(H2,18,19,21). The highest BCUT2D eigenvalue weighted by Crippen LogP contribution is 2.25. The molecule has 0 spiro atoms. The van der Waals surface area contributed by atoms with E-state index in [4.69, 9.17) is 11.2 Å². The van der Waals surface area contributed by atoms with Crippen molar-refractivity contribution in [2.75, 3.05) is 18.5 Å². The van der Waals surface area contributed by atoms with Crippen LogP contribution in [0.4, 0.5) is 14.9 Å². The Bertz CT molecular complexity index is 541. The van der Waals surface area contributed by atoms with Crippen LogP contribution in [0.25, 0.3) is 0 Å². The van der Waals surface area contributed by atoms with E-state index in [1.807, 2.05) is 13.8 Å². The topological polar surface area (TPSA) is 70.6 Å². The van der Waals surface area contributed by atoms with Crippen LogP contribution in [0, 0.1) is 24.1 Å². The summed E-state index contributed by atoms with van der Waals surface area (Å²) in [6.45, 7) is 4.11. The highest BCUT2D eigenvalue weighted by atomic mass is 19.1. The molecule has 2 amide bonds. The molecule has 6 heteroatoms. The van der Waals surface area contributed by atoms with Crippen LogP contribution in [0.5, 0.6) is 5.75 Å². The molecule has 0 radical (unpaired) electrons. The number of urea groups is 1. The summed E-state index contributed by atoms with van der Waals surface area (Å²) >= 11 is 0. The molecule has 0 aromatic heterocycles. The summed E-state index contributed by atoms with van der Waals surface area (Å²) in [5, 5.41) is 14.7. The first-order chi connectivity index (χ1) is 10.4. The molecule has 1 aromatic rings. The molecule has 0 saturated carbocycles. The quantitative estimate of drug-likeness (QED) is 0.677. The average Bonchev–Trinajstić information content (AvgIpc) is 2.46. The van der Waals surface area contributed by atoms with Gasteiger partial charge in [-0.2, -0.15) is 0 Å². The molecule has 22 heavy (non-hydrogen) atoms. The summed E-state index contributed by atoms with van der Waals surface area (Å²) < 4.78 is 18.5. The Hall–Kier alpha value is -2.26. The maximum Gasteiger partial charge on any atom is 0.319 e. The predicted molar refractivity (Wildman–Crippen MR) is 83.2 cm³/mol. The summed E-state index contributed by atoms with van der Waals surface area (Å²) in [5.41, 5.74) is 0.192. The maximum absolute atomic E-state index is 13.3. The summed E-state index contributed by atoms with van der Waals surface area (Å²) in [5.74, 6) is 2.21. The first-order valence-electron chi connectivity index (χ1n) is 7.02. The van der Waals surface area contributed by atoms with Crippen molar-refractivity contribution in [3.8, 4) is 18.1 Å². The van der Waals surface area contributed by atoms with Gasteiger partial charge in [-0.15, -0.1) is 6.42 Å². The van der Waals surface area contributed by atoms with Crippen LogP contribution in [0.1, 0.15) is 20.3 Å². The number of terminal acetylenes is 1. The number of ether oxygens (including phenoxy) is 1. The van der Waals surface area contributed by atoms with Crippen molar-refractivity contribution in [3.05, 3.63) is 24.0 Å². The number of carbonyl (C=O) groups is 1. The zero-order valence-electron chi connectivity index (χ0n) is 12.7. The minimum absolute atomic E-state index is 0.0164. The predicted octanol–water partition coefficient (Wildman–Crippen LogP) is 2.37. The number of benzene rings is 1. The van der Waals surface area contributed by atoms with Crippen molar-refractivity contribution >= 4 is 11.7 Å². The molecule has 0 bridgehead atoms. The van der Waals surface area contributed by atoms with Crippen molar-refractivity contribution in [1.29, 1.82) is 0 Å². The van der Waals surface area contributed by atoms with E-state index in [0.717, 1.165) is 6.07 Å². The van der Waals surface area contributed by atoms with Gasteiger partial charge in [-0.1, -0.05) is 19.8 Å². The Morgan fingerprint density at radius 2 is 2.23 bits per heavy atom. The fourth-order valence-corrected chi connectivity index (χ4v) is 1.68. The van der Waals surface area contributed by atoms with E-state index in [0.29, 0.717) is 13.0 Å². The third-order valence-electron chi connectivity index (χ3n) is 3.00. The number of nitrogens with one attached hydrogen (secondary N) is 2. The van der Waals surface area contributed by atoms with E-state index in [-0.39, 0.29) is 24.0 Å². The first kappa shape index (κ1) is 17.8. The van der Waals surface area contributed by atoms with Gasteiger partial charge in [0.15, 0.2) is 0 Å². The number of rotatable bonds is 7. The van der Waals surface area contributed by atoms with Crippen molar-refractivity contribution in [2.24, 2.45) is 5.92 Å². The maximum atomic E-state index is 13.3.